The van der Waals surface area contributed by atoms with E-state index in [2.05, 4.69) is 6.92 Å². The Kier molecular flexibility index (Phi) is 6.29. The van der Waals surface area contributed by atoms with E-state index in [-0.39, 0.29) is 23.3 Å². The molecule has 0 aromatic heterocycles. The molecule has 0 spiro atoms. The van der Waals surface area contributed by atoms with E-state index in [4.69, 9.17) is 21.7 Å². The van der Waals surface area contributed by atoms with Crippen molar-refractivity contribution in [1.82, 2.24) is 4.90 Å². The molecule has 1 aliphatic heterocycles. The van der Waals surface area contributed by atoms with Gasteiger partial charge < -0.3 is 14.4 Å². The molecule has 6 nitrogen and oxygen atoms in total. The Morgan fingerprint density at radius 3 is 2.41 bits per heavy atom. The molecule has 0 saturated carbocycles. The zero-order chi connectivity index (χ0) is 21.0. The molecule has 3 rings (SSSR count). The maximum Gasteiger partial charge on any atom is 0.325 e. The van der Waals surface area contributed by atoms with Crippen molar-refractivity contribution < 1.29 is 19.1 Å². The largest absolute Gasteiger partial charge is 0.496 e. The molecular formula is C22H22N2O4S. The number of carbonyl (C=O) groups excluding carboxylic acids is 2. The van der Waals surface area contributed by atoms with Crippen molar-refractivity contribution >= 4 is 41.0 Å². The number of hydrogen-bond donors (Lipinski definition) is 0. The minimum Gasteiger partial charge on any atom is -0.496 e. The summed E-state index contributed by atoms with van der Waals surface area (Å²) in [6, 6.07) is 14.9. The van der Waals surface area contributed by atoms with Gasteiger partial charge in [-0.3, -0.25) is 14.5 Å². The van der Waals surface area contributed by atoms with Crippen molar-refractivity contribution in [3.05, 3.63) is 65.4 Å². The smallest absolute Gasteiger partial charge is 0.325 e. The van der Waals surface area contributed by atoms with Crippen LogP contribution in [0.15, 0.2) is 54.2 Å². The summed E-state index contributed by atoms with van der Waals surface area (Å²) in [5.74, 6) is -0.189. The summed E-state index contributed by atoms with van der Waals surface area (Å²) >= 11 is 5.55. The predicted octanol–water partition coefficient (Wildman–Crippen LogP) is 3.41. The summed E-state index contributed by atoms with van der Waals surface area (Å²) in [5.41, 5.74) is 2.79. The Balaban J connectivity index is 2.06. The van der Waals surface area contributed by atoms with Crippen LogP contribution in [0.3, 0.4) is 0 Å². The van der Waals surface area contributed by atoms with Gasteiger partial charge in [0, 0.05) is 5.56 Å². The molecule has 1 fully saturated rings. The molecule has 29 heavy (non-hydrogen) atoms. The fourth-order valence-electron chi connectivity index (χ4n) is 3.07. The SMILES string of the molecule is CCc1ccc(N2C(=O)/C(=C/c3ccccc3OC)N(CC(=O)OC)C2=S)cc1. The van der Waals surface area contributed by atoms with Crippen molar-refractivity contribution in [2.45, 2.75) is 13.3 Å². The number of para-hydroxylation sites is 1. The molecule has 2 aromatic rings. The highest BCUT2D eigenvalue weighted by molar-refractivity contribution is 7.80. The first-order valence-corrected chi connectivity index (χ1v) is 9.57. The number of esters is 1. The predicted molar refractivity (Wildman–Crippen MR) is 116 cm³/mol. The highest BCUT2D eigenvalue weighted by Crippen LogP contribution is 2.31. The quantitative estimate of drug-likeness (QED) is 0.413. The van der Waals surface area contributed by atoms with Gasteiger partial charge in [-0.15, -0.1) is 0 Å². The second kappa shape index (κ2) is 8.87. The number of amides is 1. The standard InChI is InChI=1S/C22H22N2O4S/c1-4-15-9-11-17(12-10-15)24-21(26)18(23(22(24)29)14-20(25)28-3)13-16-7-5-6-8-19(16)27-2/h5-13H,4,14H2,1-3H3/b18-13-. The fourth-order valence-corrected chi connectivity index (χ4v) is 3.42. The lowest BCUT2D eigenvalue weighted by Crippen LogP contribution is -2.35. The number of carbonyl (C=O) groups is 2. The minimum absolute atomic E-state index is 0.161. The van der Waals surface area contributed by atoms with Gasteiger partial charge in [-0.2, -0.15) is 0 Å². The fraction of sp³-hybridized carbons (Fsp3) is 0.227. The van der Waals surface area contributed by atoms with Gasteiger partial charge in [0.25, 0.3) is 5.91 Å². The highest BCUT2D eigenvalue weighted by atomic mass is 32.1. The monoisotopic (exact) mass is 410 g/mol. The first-order chi connectivity index (χ1) is 14.0. The summed E-state index contributed by atoms with van der Waals surface area (Å²) in [4.78, 5) is 28.2. The lowest BCUT2D eigenvalue weighted by molar-refractivity contribution is -0.140. The zero-order valence-corrected chi connectivity index (χ0v) is 17.4. The Morgan fingerprint density at radius 2 is 1.79 bits per heavy atom. The molecular weight excluding hydrogens is 388 g/mol. The number of aryl methyl sites for hydroxylation is 1. The van der Waals surface area contributed by atoms with Crippen molar-refractivity contribution in [2.75, 3.05) is 25.7 Å². The van der Waals surface area contributed by atoms with Crippen LogP contribution >= 0.6 is 12.2 Å². The topological polar surface area (TPSA) is 59.1 Å². The van der Waals surface area contributed by atoms with Crippen molar-refractivity contribution in [1.29, 1.82) is 0 Å². The van der Waals surface area contributed by atoms with Crippen molar-refractivity contribution in [2.24, 2.45) is 0 Å². The van der Waals surface area contributed by atoms with Crippen molar-refractivity contribution in [3.8, 4) is 5.75 Å². The summed E-state index contributed by atoms with van der Waals surface area (Å²) in [5, 5.41) is 0.228. The summed E-state index contributed by atoms with van der Waals surface area (Å²) < 4.78 is 10.2. The van der Waals surface area contributed by atoms with Gasteiger partial charge in [0.05, 0.1) is 19.9 Å². The Bertz CT molecular complexity index is 969. The van der Waals surface area contributed by atoms with E-state index >= 15 is 0 Å². The van der Waals surface area contributed by atoms with E-state index in [1.165, 1.54) is 16.9 Å². The average molecular weight is 410 g/mol. The minimum atomic E-state index is -0.491. The number of thiocarbonyl (C=S) groups is 1. The molecule has 150 valence electrons. The number of methoxy groups -OCH3 is 2. The number of anilines is 1. The second-order valence-corrected chi connectivity index (χ2v) is 6.74. The molecule has 0 atom stereocenters. The van der Waals surface area contributed by atoms with Crippen LogP contribution < -0.4 is 9.64 Å². The van der Waals surface area contributed by atoms with Gasteiger partial charge in [-0.1, -0.05) is 37.3 Å². The average Bonchev–Trinajstić information content (AvgIpc) is 2.98. The normalized spacial score (nSPS) is 15.2. The third-order valence-corrected chi connectivity index (χ3v) is 5.09. The molecule has 1 heterocycles. The van der Waals surface area contributed by atoms with Gasteiger partial charge in [-0.05, 0) is 48.5 Å². The van der Waals surface area contributed by atoms with Gasteiger partial charge in [0.1, 0.15) is 18.0 Å². The maximum atomic E-state index is 13.3. The number of ether oxygens (including phenoxy) is 2. The van der Waals surface area contributed by atoms with Gasteiger partial charge in [-0.25, -0.2) is 0 Å². The molecule has 1 amide bonds. The van der Waals surface area contributed by atoms with Gasteiger partial charge in [0.2, 0.25) is 0 Å². The number of nitrogens with zero attached hydrogens (tertiary/aromatic N) is 2. The molecule has 2 aromatic carbocycles. The van der Waals surface area contributed by atoms with Crippen LogP contribution in [0.1, 0.15) is 18.1 Å². The third-order valence-electron chi connectivity index (χ3n) is 4.68. The van der Waals surface area contributed by atoms with Crippen LogP contribution in [-0.2, 0) is 20.7 Å². The first kappa shape index (κ1) is 20.5. The van der Waals surface area contributed by atoms with Crippen LogP contribution in [0.4, 0.5) is 5.69 Å². The zero-order valence-electron chi connectivity index (χ0n) is 16.5. The van der Waals surface area contributed by atoms with E-state index in [1.54, 1.807) is 19.3 Å². The molecule has 7 heteroatoms. The van der Waals surface area contributed by atoms with Gasteiger partial charge >= 0.3 is 5.97 Å². The maximum absolute atomic E-state index is 13.3. The second-order valence-electron chi connectivity index (χ2n) is 6.38. The lowest BCUT2D eigenvalue weighted by Gasteiger charge is -2.19. The van der Waals surface area contributed by atoms with Crippen LogP contribution in [0.2, 0.25) is 0 Å². The molecule has 0 unspecified atom stereocenters. The molecule has 0 N–H and O–H groups in total. The number of benzene rings is 2. The Morgan fingerprint density at radius 1 is 1.10 bits per heavy atom. The molecule has 0 bridgehead atoms. The number of hydrogen-bond acceptors (Lipinski definition) is 5. The summed E-state index contributed by atoms with van der Waals surface area (Å²) in [7, 11) is 2.86. The van der Waals surface area contributed by atoms with Gasteiger partial charge in [0.15, 0.2) is 5.11 Å². The number of rotatable bonds is 6. The molecule has 1 saturated heterocycles. The Hall–Kier alpha value is -3.19. The molecule has 0 radical (unpaired) electrons. The van der Waals surface area contributed by atoms with E-state index in [0.29, 0.717) is 17.0 Å². The Labute approximate surface area is 175 Å². The summed E-state index contributed by atoms with van der Waals surface area (Å²) in [6.07, 6.45) is 2.57. The van der Waals surface area contributed by atoms with Crippen LogP contribution in [0, 0.1) is 0 Å². The molecule has 0 aliphatic carbocycles. The van der Waals surface area contributed by atoms with Crippen molar-refractivity contribution in [3.63, 3.8) is 0 Å². The van der Waals surface area contributed by atoms with E-state index in [1.807, 2.05) is 42.5 Å². The van der Waals surface area contributed by atoms with Crippen LogP contribution in [0.25, 0.3) is 6.08 Å². The van der Waals surface area contributed by atoms with Crippen LogP contribution in [0.5, 0.6) is 5.75 Å². The first-order valence-electron chi connectivity index (χ1n) is 9.16. The molecule has 1 aliphatic rings. The summed E-state index contributed by atoms with van der Waals surface area (Å²) in [6.45, 7) is 1.90. The lowest BCUT2D eigenvalue weighted by atomic mass is 10.1. The van der Waals surface area contributed by atoms with E-state index < -0.39 is 5.97 Å². The van der Waals surface area contributed by atoms with E-state index in [0.717, 1.165) is 12.0 Å². The van der Waals surface area contributed by atoms with E-state index in [9.17, 15) is 9.59 Å². The third kappa shape index (κ3) is 4.14. The van der Waals surface area contributed by atoms with Crippen LogP contribution in [-0.4, -0.2) is 42.7 Å². The highest BCUT2D eigenvalue weighted by Gasteiger charge is 2.40.